The lowest BCUT2D eigenvalue weighted by Gasteiger charge is -2.10. The van der Waals surface area contributed by atoms with Crippen LogP contribution in [0.1, 0.15) is 0 Å². The van der Waals surface area contributed by atoms with Gasteiger partial charge in [0.05, 0.1) is 0 Å². The van der Waals surface area contributed by atoms with Gasteiger partial charge in [-0.3, -0.25) is 4.79 Å². The monoisotopic (exact) mass is 214 g/mol. The molecule has 0 radical (unpaired) electrons. The minimum absolute atomic E-state index is 0.0475. The van der Waals surface area contributed by atoms with Crippen LogP contribution < -0.4 is 10.6 Å². The molecule has 13 heavy (non-hydrogen) atoms. The predicted octanol–water partition coefficient (Wildman–Crippen LogP) is 0.327. The molecule has 1 aliphatic heterocycles. The SMILES string of the molecule is O=C(NC[C@H]1CNCS1)C(F)(F)F. The molecule has 0 saturated carbocycles. The number of nitrogens with one attached hydrogen (secondary N) is 2. The van der Waals surface area contributed by atoms with Gasteiger partial charge >= 0.3 is 12.1 Å². The lowest BCUT2D eigenvalue weighted by molar-refractivity contribution is -0.173. The maximum absolute atomic E-state index is 11.7. The molecule has 2 N–H and O–H groups in total. The van der Waals surface area contributed by atoms with Crippen LogP contribution in [0.25, 0.3) is 0 Å². The van der Waals surface area contributed by atoms with E-state index in [1.165, 1.54) is 11.8 Å². The molecule has 1 heterocycles. The molecule has 1 amide bonds. The first kappa shape index (κ1) is 10.6. The average molecular weight is 214 g/mol. The van der Waals surface area contributed by atoms with Crippen LogP contribution in [0.2, 0.25) is 0 Å². The van der Waals surface area contributed by atoms with Crippen molar-refractivity contribution in [3.8, 4) is 0 Å². The highest BCUT2D eigenvalue weighted by Crippen LogP contribution is 2.16. The maximum atomic E-state index is 11.7. The molecule has 0 aromatic heterocycles. The predicted molar refractivity (Wildman–Crippen MR) is 43.3 cm³/mol. The summed E-state index contributed by atoms with van der Waals surface area (Å²) in [6.07, 6.45) is -4.77. The van der Waals surface area contributed by atoms with Gasteiger partial charge < -0.3 is 10.6 Å². The van der Waals surface area contributed by atoms with E-state index in [0.717, 1.165) is 5.88 Å². The topological polar surface area (TPSA) is 41.1 Å². The van der Waals surface area contributed by atoms with Crippen molar-refractivity contribution in [1.82, 2.24) is 10.6 Å². The Balaban J connectivity index is 2.22. The van der Waals surface area contributed by atoms with E-state index in [2.05, 4.69) is 5.32 Å². The molecule has 1 atom stereocenters. The smallest absolute Gasteiger partial charge is 0.347 e. The minimum Gasteiger partial charge on any atom is -0.347 e. The van der Waals surface area contributed by atoms with Crippen LogP contribution in [-0.2, 0) is 4.79 Å². The summed E-state index contributed by atoms with van der Waals surface area (Å²) in [5.74, 6) is -1.13. The summed E-state index contributed by atoms with van der Waals surface area (Å²) in [4.78, 5) is 10.4. The van der Waals surface area contributed by atoms with E-state index in [1.807, 2.05) is 5.32 Å². The number of alkyl halides is 3. The second-order valence-corrected chi connectivity index (χ2v) is 3.88. The van der Waals surface area contributed by atoms with Crippen molar-refractivity contribution in [2.45, 2.75) is 11.4 Å². The van der Waals surface area contributed by atoms with Crippen molar-refractivity contribution in [3.05, 3.63) is 0 Å². The van der Waals surface area contributed by atoms with Crippen molar-refractivity contribution in [1.29, 1.82) is 0 Å². The van der Waals surface area contributed by atoms with Gasteiger partial charge in [0.15, 0.2) is 0 Å². The van der Waals surface area contributed by atoms with Crippen LogP contribution in [0, 0.1) is 0 Å². The van der Waals surface area contributed by atoms with Gasteiger partial charge in [-0.05, 0) is 0 Å². The molecule has 0 aliphatic carbocycles. The zero-order valence-corrected chi connectivity index (χ0v) is 7.47. The van der Waals surface area contributed by atoms with E-state index >= 15 is 0 Å². The number of hydrogen-bond donors (Lipinski definition) is 2. The Morgan fingerprint density at radius 2 is 2.31 bits per heavy atom. The fraction of sp³-hybridized carbons (Fsp3) is 0.833. The number of carbonyl (C=O) groups is 1. The van der Waals surface area contributed by atoms with Crippen molar-refractivity contribution in [2.24, 2.45) is 0 Å². The Bertz CT molecular complexity index is 191. The van der Waals surface area contributed by atoms with Crippen molar-refractivity contribution < 1.29 is 18.0 Å². The fourth-order valence-corrected chi connectivity index (χ4v) is 1.80. The number of rotatable bonds is 2. The third-order valence-corrected chi connectivity index (χ3v) is 2.72. The van der Waals surface area contributed by atoms with E-state index in [4.69, 9.17) is 0 Å². The highest BCUT2D eigenvalue weighted by Gasteiger charge is 2.38. The third-order valence-electron chi connectivity index (χ3n) is 1.54. The third kappa shape index (κ3) is 3.43. The largest absolute Gasteiger partial charge is 0.471 e. The highest BCUT2D eigenvalue weighted by molar-refractivity contribution is 8.00. The second-order valence-electron chi connectivity index (χ2n) is 2.59. The zero-order valence-electron chi connectivity index (χ0n) is 6.65. The molecule has 7 heteroatoms. The molecule has 1 saturated heterocycles. The first-order chi connectivity index (χ1) is 6.00. The summed E-state index contributed by atoms with van der Waals surface area (Å²) in [5, 5.41) is 4.85. The molecule has 1 fully saturated rings. The van der Waals surface area contributed by atoms with Gasteiger partial charge in [-0.25, -0.2) is 0 Å². The molecule has 1 rings (SSSR count). The number of carbonyl (C=O) groups excluding carboxylic acids is 1. The summed E-state index contributed by atoms with van der Waals surface area (Å²) < 4.78 is 35.1. The van der Waals surface area contributed by atoms with E-state index < -0.39 is 12.1 Å². The van der Waals surface area contributed by atoms with Gasteiger partial charge in [0.25, 0.3) is 0 Å². The molecular weight excluding hydrogens is 205 g/mol. The molecular formula is C6H9F3N2OS. The first-order valence-electron chi connectivity index (χ1n) is 3.67. The molecule has 1 aliphatic rings. The normalized spacial score (nSPS) is 23.2. The van der Waals surface area contributed by atoms with E-state index in [0.29, 0.717) is 6.54 Å². The molecule has 0 aromatic rings. The molecule has 0 aromatic carbocycles. The number of thioether (sulfide) groups is 1. The molecule has 0 spiro atoms. The number of hydrogen-bond acceptors (Lipinski definition) is 3. The Hall–Kier alpha value is -0.430. The van der Waals surface area contributed by atoms with Crippen LogP contribution in [0.4, 0.5) is 13.2 Å². The van der Waals surface area contributed by atoms with Gasteiger partial charge in [-0.2, -0.15) is 13.2 Å². The quantitative estimate of drug-likeness (QED) is 0.696. The summed E-state index contributed by atoms with van der Waals surface area (Å²) in [6, 6.07) is 0. The van der Waals surface area contributed by atoms with E-state index in [9.17, 15) is 18.0 Å². The standard InChI is InChI=1S/C6H9F3N2OS/c7-6(8,9)5(12)11-2-4-1-10-3-13-4/h4,10H,1-3H2,(H,11,12)/t4-/m1/s1. The lowest BCUT2D eigenvalue weighted by Crippen LogP contribution is -2.40. The zero-order chi connectivity index (χ0) is 9.90. The Labute approximate surface area is 77.4 Å². The molecule has 0 bridgehead atoms. The highest BCUT2D eigenvalue weighted by atomic mass is 32.2. The van der Waals surface area contributed by atoms with Crippen LogP contribution in [0.15, 0.2) is 0 Å². The van der Waals surface area contributed by atoms with E-state index in [1.54, 1.807) is 0 Å². The van der Waals surface area contributed by atoms with Crippen molar-refractivity contribution >= 4 is 17.7 Å². The van der Waals surface area contributed by atoms with Crippen molar-refractivity contribution in [2.75, 3.05) is 19.0 Å². The average Bonchev–Trinajstić information content (AvgIpc) is 2.50. The Morgan fingerprint density at radius 3 is 2.77 bits per heavy atom. The van der Waals surface area contributed by atoms with Crippen LogP contribution >= 0.6 is 11.8 Å². The van der Waals surface area contributed by atoms with Gasteiger partial charge in [0.1, 0.15) is 0 Å². The number of amides is 1. The fourth-order valence-electron chi connectivity index (χ4n) is 0.893. The first-order valence-corrected chi connectivity index (χ1v) is 4.72. The van der Waals surface area contributed by atoms with Crippen LogP contribution in [-0.4, -0.2) is 36.3 Å². The summed E-state index contributed by atoms with van der Waals surface area (Å²) in [6.45, 7) is 0.707. The Kier molecular flexibility index (Phi) is 3.43. The second kappa shape index (κ2) is 4.19. The minimum atomic E-state index is -4.77. The molecule has 0 unspecified atom stereocenters. The van der Waals surface area contributed by atoms with Crippen molar-refractivity contribution in [3.63, 3.8) is 0 Å². The van der Waals surface area contributed by atoms with Gasteiger partial charge in [-0.1, -0.05) is 0 Å². The lowest BCUT2D eigenvalue weighted by atomic mass is 10.4. The van der Waals surface area contributed by atoms with E-state index in [-0.39, 0.29) is 11.8 Å². The maximum Gasteiger partial charge on any atom is 0.471 e. The van der Waals surface area contributed by atoms with Gasteiger partial charge in [0, 0.05) is 24.2 Å². The van der Waals surface area contributed by atoms with Crippen LogP contribution in [0.5, 0.6) is 0 Å². The summed E-state index contributed by atoms with van der Waals surface area (Å²) >= 11 is 1.50. The van der Waals surface area contributed by atoms with Gasteiger partial charge in [0.2, 0.25) is 0 Å². The molecule has 3 nitrogen and oxygen atoms in total. The number of halogens is 3. The summed E-state index contributed by atoms with van der Waals surface area (Å²) in [7, 11) is 0. The Morgan fingerprint density at radius 1 is 1.62 bits per heavy atom. The van der Waals surface area contributed by atoms with Crippen LogP contribution in [0.3, 0.4) is 0 Å². The van der Waals surface area contributed by atoms with Gasteiger partial charge in [-0.15, -0.1) is 11.8 Å². The summed E-state index contributed by atoms with van der Waals surface area (Å²) in [5.41, 5.74) is 0. The molecule has 76 valence electrons.